The Bertz CT molecular complexity index is 2880. The van der Waals surface area contributed by atoms with Crippen molar-refractivity contribution >= 4 is 51.8 Å². The van der Waals surface area contributed by atoms with Crippen LogP contribution in [0.4, 0.5) is 19.3 Å². The van der Waals surface area contributed by atoms with Crippen molar-refractivity contribution in [1.29, 1.82) is 0 Å². The Morgan fingerprint density at radius 2 is 1.64 bits per heavy atom. The fourth-order valence-electron chi connectivity index (χ4n) is 12.2. The average Bonchev–Trinajstić information content (AvgIpc) is 3.68. The molecule has 0 unspecified atom stereocenters. The SMILES string of the molecule is C[C@H]1c2c(cc(F)c(Cl)c2-c2c(C(N)=O)ccc(OCCO)c2F)O[C@]1(CNC1CCC(C(=O)N2CCC(N3CCC(c4ccc5c(N6CCC(=O)NC6=O)cccc5c4)CC3)CC2)CC1)c1ccccc1. The normalized spacial score (nSPS) is 23.2. The van der Waals surface area contributed by atoms with E-state index in [0.29, 0.717) is 30.6 Å². The van der Waals surface area contributed by atoms with Crippen LogP contribution in [0, 0.1) is 17.6 Å². The summed E-state index contributed by atoms with van der Waals surface area (Å²) in [6.45, 7) is 5.53. The Balaban J connectivity index is 0.749. The third kappa shape index (κ3) is 9.40. The van der Waals surface area contributed by atoms with Crippen molar-refractivity contribution in [3.8, 4) is 22.6 Å². The second-order valence-corrected chi connectivity index (χ2v) is 20.5. The van der Waals surface area contributed by atoms with Crippen molar-refractivity contribution in [2.75, 3.05) is 57.4 Å². The van der Waals surface area contributed by atoms with Gasteiger partial charge in [-0.2, -0.15) is 0 Å². The van der Waals surface area contributed by atoms with Gasteiger partial charge in [-0.25, -0.2) is 13.6 Å². The van der Waals surface area contributed by atoms with Gasteiger partial charge in [0.25, 0.3) is 0 Å². The van der Waals surface area contributed by atoms with E-state index >= 15 is 8.78 Å². The van der Waals surface area contributed by atoms with Crippen LogP contribution < -0.4 is 30.7 Å². The molecule has 4 fully saturated rings. The van der Waals surface area contributed by atoms with E-state index in [-0.39, 0.29) is 77.6 Å². The molecule has 4 heterocycles. The van der Waals surface area contributed by atoms with Gasteiger partial charge >= 0.3 is 6.03 Å². The molecule has 16 heteroatoms. The Morgan fingerprint density at radius 1 is 0.889 bits per heavy atom. The van der Waals surface area contributed by atoms with Crippen LogP contribution in [0.3, 0.4) is 0 Å². The number of hydrogen-bond acceptors (Lipinski definition) is 9. The van der Waals surface area contributed by atoms with Gasteiger partial charge in [0.2, 0.25) is 17.7 Å². The first-order chi connectivity index (χ1) is 34.8. The summed E-state index contributed by atoms with van der Waals surface area (Å²) < 4.78 is 44.6. The number of carbonyl (C=O) groups excluding carboxylic acids is 4. The Morgan fingerprint density at radius 3 is 2.35 bits per heavy atom. The van der Waals surface area contributed by atoms with E-state index in [9.17, 15) is 24.3 Å². The fraction of sp³-hybridized carbons (Fsp3) is 0.429. The number of aliphatic hydroxyl groups is 1. The van der Waals surface area contributed by atoms with Crippen molar-refractivity contribution in [3.05, 3.63) is 124 Å². The van der Waals surface area contributed by atoms with Gasteiger partial charge < -0.3 is 35.4 Å². The van der Waals surface area contributed by atoms with Gasteiger partial charge in [0.1, 0.15) is 18.2 Å². The van der Waals surface area contributed by atoms with Crippen molar-refractivity contribution in [1.82, 2.24) is 20.4 Å². The Hall–Kier alpha value is -6.13. The molecule has 10 rings (SSSR count). The molecule has 0 bridgehead atoms. The van der Waals surface area contributed by atoms with Crippen LogP contribution in [0.25, 0.3) is 21.9 Å². The number of halogens is 3. The number of aliphatic hydroxyl groups excluding tert-OH is 1. The lowest BCUT2D eigenvalue weighted by Gasteiger charge is -2.43. The number of imide groups is 1. The summed E-state index contributed by atoms with van der Waals surface area (Å²) in [5.41, 5.74) is 7.45. The first kappa shape index (κ1) is 49.4. The summed E-state index contributed by atoms with van der Waals surface area (Å²) in [5, 5.41) is 17.3. The van der Waals surface area contributed by atoms with E-state index in [0.717, 1.165) is 99.6 Å². The topological polar surface area (TPSA) is 167 Å². The van der Waals surface area contributed by atoms with Crippen molar-refractivity contribution in [2.45, 2.75) is 94.2 Å². The number of nitrogens with two attached hydrogens (primary N) is 1. The second-order valence-electron chi connectivity index (χ2n) is 20.1. The van der Waals surface area contributed by atoms with Crippen LogP contribution in [0.2, 0.25) is 5.02 Å². The van der Waals surface area contributed by atoms with Crippen LogP contribution in [0.1, 0.15) is 104 Å². The molecule has 3 saturated heterocycles. The number of nitrogens with zero attached hydrogens (tertiary/aromatic N) is 3. The molecule has 13 nitrogen and oxygen atoms in total. The maximum atomic E-state index is 16.5. The molecule has 72 heavy (non-hydrogen) atoms. The monoisotopic (exact) mass is 1000 g/mol. The molecule has 1 aliphatic carbocycles. The largest absolute Gasteiger partial charge is 0.488 e. The van der Waals surface area contributed by atoms with Crippen molar-refractivity contribution in [2.24, 2.45) is 11.7 Å². The van der Waals surface area contributed by atoms with Crippen LogP contribution in [-0.4, -0.2) is 103 Å². The molecular formula is C56H61ClF2N6O7. The molecule has 5 N–H and O–H groups in total. The second kappa shape index (κ2) is 20.8. The summed E-state index contributed by atoms with van der Waals surface area (Å²) in [6.07, 6.45) is 7.38. The molecule has 5 aromatic rings. The standard InChI is InChI=1S/C56H61ClF2N6O7/c1-33-48-46(31-43(58)51(57)50(48)49-42(53(60)68)16-17-45(52(49)59)71-29-28-66)72-56(33,38-7-3-2-4-8-38)32-61-39-13-10-35(11-14-39)54(69)64-25-20-40(21-26-64)63-23-18-34(19-24-63)36-12-15-41-37(30-36)6-5-9-44(41)65-27-22-47(67)62-55(65)70/h2-9,12,15-17,30-31,33-35,39-40,61,66H,10-11,13-14,18-29,32H2,1H3,(H2,60,68)(H,62,67,70)/t33-,35?,39?,56-/m0/s1. The first-order valence-corrected chi connectivity index (χ1v) is 25.8. The van der Waals surface area contributed by atoms with E-state index in [1.54, 1.807) is 4.90 Å². The summed E-state index contributed by atoms with van der Waals surface area (Å²) in [6, 6.07) is 26.0. The zero-order valence-electron chi connectivity index (χ0n) is 40.4. The summed E-state index contributed by atoms with van der Waals surface area (Å²) in [4.78, 5) is 57.5. The highest BCUT2D eigenvalue weighted by atomic mass is 35.5. The minimum Gasteiger partial charge on any atom is -0.488 e. The van der Waals surface area contributed by atoms with Crippen LogP contribution in [-0.2, 0) is 15.2 Å². The maximum Gasteiger partial charge on any atom is 0.328 e. The molecule has 0 radical (unpaired) electrons. The number of ether oxygens (including phenoxy) is 2. The zero-order chi connectivity index (χ0) is 50.3. The minimum atomic E-state index is -1.10. The molecule has 5 aliphatic rings. The van der Waals surface area contributed by atoms with Gasteiger partial charge in [0.15, 0.2) is 17.2 Å². The number of nitrogens with one attached hydrogen (secondary N) is 2. The van der Waals surface area contributed by atoms with Crippen LogP contribution >= 0.6 is 11.6 Å². The fourth-order valence-corrected chi connectivity index (χ4v) is 12.5. The molecule has 5 amide bonds. The number of carbonyl (C=O) groups is 4. The lowest BCUT2D eigenvalue weighted by molar-refractivity contribution is -0.138. The highest BCUT2D eigenvalue weighted by molar-refractivity contribution is 6.34. The molecule has 4 aliphatic heterocycles. The molecule has 0 aromatic heterocycles. The minimum absolute atomic E-state index is 0.0492. The summed E-state index contributed by atoms with van der Waals surface area (Å²) in [5.74, 6) is -3.02. The number of fused-ring (bicyclic) bond motifs is 2. The van der Waals surface area contributed by atoms with Gasteiger partial charge in [-0.3, -0.25) is 24.6 Å². The number of hydrogen-bond donors (Lipinski definition) is 4. The highest BCUT2D eigenvalue weighted by Crippen LogP contribution is 2.56. The third-order valence-corrected chi connectivity index (χ3v) is 16.5. The number of rotatable bonds is 13. The molecule has 1 saturated carbocycles. The summed E-state index contributed by atoms with van der Waals surface area (Å²) in [7, 11) is 0. The van der Waals surface area contributed by atoms with E-state index in [1.807, 2.05) is 49.4 Å². The quantitative estimate of drug-likeness (QED) is 0.0902. The summed E-state index contributed by atoms with van der Waals surface area (Å²) >= 11 is 6.73. The number of piperidine rings is 2. The van der Waals surface area contributed by atoms with Gasteiger partial charge in [0, 0.05) is 84.7 Å². The van der Waals surface area contributed by atoms with E-state index in [1.165, 1.54) is 23.8 Å². The molecule has 2 atom stereocenters. The first-order valence-electron chi connectivity index (χ1n) is 25.4. The average molecular weight is 1000 g/mol. The van der Waals surface area contributed by atoms with E-state index in [2.05, 4.69) is 44.7 Å². The van der Waals surface area contributed by atoms with E-state index in [4.69, 9.17) is 26.8 Å². The van der Waals surface area contributed by atoms with Gasteiger partial charge in [0.05, 0.1) is 22.9 Å². The number of anilines is 1. The van der Waals surface area contributed by atoms with Crippen LogP contribution in [0.5, 0.6) is 11.5 Å². The van der Waals surface area contributed by atoms with E-state index < -0.39 is 34.1 Å². The van der Waals surface area contributed by atoms with Crippen LogP contribution in [0.15, 0.2) is 84.9 Å². The molecule has 5 aromatic carbocycles. The number of likely N-dealkylation sites (tertiary alicyclic amines) is 2. The molecular weight excluding hydrogens is 942 g/mol. The van der Waals surface area contributed by atoms with Gasteiger partial charge in [-0.1, -0.05) is 79.2 Å². The highest BCUT2D eigenvalue weighted by Gasteiger charge is 2.50. The Kier molecular flexibility index (Phi) is 14.3. The predicted molar refractivity (Wildman–Crippen MR) is 271 cm³/mol. The molecule has 378 valence electrons. The van der Waals surface area contributed by atoms with Crippen molar-refractivity contribution < 1.29 is 42.5 Å². The number of amides is 5. The lowest BCUT2D eigenvalue weighted by atomic mass is 9.77. The maximum absolute atomic E-state index is 16.5. The van der Waals surface area contributed by atoms with Crippen molar-refractivity contribution in [3.63, 3.8) is 0 Å². The Labute approximate surface area is 422 Å². The zero-order valence-corrected chi connectivity index (χ0v) is 41.2. The predicted octanol–water partition coefficient (Wildman–Crippen LogP) is 8.77. The number of benzene rings is 5. The number of primary amides is 1. The third-order valence-electron chi connectivity index (χ3n) is 16.1. The van der Waals surface area contributed by atoms with Gasteiger partial charge in [-0.15, -0.1) is 0 Å². The van der Waals surface area contributed by atoms with Gasteiger partial charge in [-0.05, 0) is 105 Å². The smallest absolute Gasteiger partial charge is 0.328 e. The lowest BCUT2D eigenvalue weighted by Crippen LogP contribution is -2.51. The number of urea groups is 1. The molecule has 0 spiro atoms.